The fourth-order valence-corrected chi connectivity index (χ4v) is 3.20. The molecule has 1 aromatic carbocycles. The monoisotopic (exact) mass is 282 g/mol. The summed E-state index contributed by atoms with van der Waals surface area (Å²) in [5.74, 6) is 0.669. The van der Waals surface area contributed by atoms with Crippen LogP contribution in [0, 0.1) is 5.92 Å². The van der Waals surface area contributed by atoms with Crippen molar-refractivity contribution in [1.82, 2.24) is 4.90 Å². The lowest BCUT2D eigenvalue weighted by molar-refractivity contribution is 0.313. The average molecular weight is 282 g/mol. The van der Waals surface area contributed by atoms with E-state index in [1.807, 2.05) is 0 Å². The second kappa shape index (κ2) is 6.07. The number of rotatable bonds is 2. The van der Waals surface area contributed by atoms with Gasteiger partial charge in [0.25, 0.3) is 0 Å². The lowest BCUT2D eigenvalue weighted by Crippen LogP contribution is -2.44. The van der Waals surface area contributed by atoms with Crippen molar-refractivity contribution >= 4 is 11.3 Å². The molecule has 1 saturated heterocycles. The van der Waals surface area contributed by atoms with Crippen LogP contribution in [0.4, 0.5) is 5.69 Å². The summed E-state index contributed by atoms with van der Waals surface area (Å²) in [6.07, 6.45) is 5.77. The Morgan fingerprint density at radius 3 is 2.33 bits per heavy atom. The number of allylic oxidation sites excluding steroid dienone is 4. The van der Waals surface area contributed by atoms with Crippen molar-refractivity contribution in [2.75, 3.05) is 38.1 Å². The van der Waals surface area contributed by atoms with E-state index in [1.165, 1.54) is 28.8 Å². The summed E-state index contributed by atoms with van der Waals surface area (Å²) in [7, 11) is 2.20. The number of hydrogen-bond donors (Lipinski definition) is 0. The molecule has 0 N–H and O–H groups in total. The Hall–Kier alpha value is -1.54. The third kappa shape index (κ3) is 3.06. The number of anilines is 1. The highest BCUT2D eigenvalue weighted by molar-refractivity contribution is 5.78. The van der Waals surface area contributed by atoms with Crippen molar-refractivity contribution < 1.29 is 0 Å². The third-order valence-electron chi connectivity index (χ3n) is 4.98. The van der Waals surface area contributed by atoms with Gasteiger partial charge in [0.1, 0.15) is 0 Å². The van der Waals surface area contributed by atoms with Crippen molar-refractivity contribution in [3.8, 4) is 0 Å². The van der Waals surface area contributed by atoms with Crippen LogP contribution >= 0.6 is 0 Å². The molecule has 1 unspecified atom stereocenters. The van der Waals surface area contributed by atoms with Crippen LogP contribution in [-0.2, 0) is 0 Å². The van der Waals surface area contributed by atoms with Crippen LogP contribution in [0.25, 0.3) is 5.57 Å². The van der Waals surface area contributed by atoms with Gasteiger partial charge in [-0.1, -0.05) is 36.8 Å². The van der Waals surface area contributed by atoms with Gasteiger partial charge < -0.3 is 9.80 Å². The highest BCUT2D eigenvalue weighted by atomic mass is 15.2. The predicted octanol–water partition coefficient (Wildman–Crippen LogP) is 3.81. The molecule has 0 saturated carbocycles. The van der Waals surface area contributed by atoms with Gasteiger partial charge in [-0.25, -0.2) is 0 Å². The minimum Gasteiger partial charge on any atom is -0.369 e. The first kappa shape index (κ1) is 14.4. The van der Waals surface area contributed by atoms with Crippen LogP contribution in [0.15, 0.2) is 42.0 Å². The highest BCUT2D eigenvalue weighted by Crippen LogP contribution is 2.32. The van der Waals surface area contributed by atoms with E-state index in [-0.39, 0.29) is 0 Å². The van der Waals surface area contributed by atoms with E-state index >= 15 is 0 Å². The summed E-state index contributed by atoms with van der Waals surface area (Å²) in [5.41, 5.74) is 5.65. The standard InChI is InChI=1S/C19H26N2/c1-15-5-4-6-19(16(15)2)17-7-9-18(10-8-17)21-13-11-20(3)12-14-21/h4,6-10,15H,5,11-14H2,1-3H3. The fraction of sp³-hybridized carbons (Fsp3) is 0.474. The number of likely N-dealkylation sites (N-methyl/N-ethyl adjacent to an activating group) is 1. The summed E-state index contributed by atoms with van der Waals surface area (Å²) in [6, 6.07) is 9.14. The van der Waals surface area contributed by atoms with Crippen molar-refractivity contribution in [1.29, 1.82) is 0 Å². The summed E-state index contributed by atoms with van der Waals surface area (Å²) in [6.45, 7) is 9.18. The Bertz CT molecular complexity index is 545. The predicted molar refractivity (Wildman–Crippen MR) is 91.7 cm³/mol. The van der Waals surface area contributed by atoms with Crippen LogP contribution in [0.3, 0.4) is 0 Å². The second-order valence-electron chi connectivity index (χ2n) is 6.47. The summed E-state index contributed by atoms with van der Waals surface area (Å²) in [5, 5.41) is 0. The molecule has 3 rings (SSSR count). The topological polar surface area (TPSA) is 6.48 Å². The Morgan fingerprint density at radius 2 is 1.67 bits per heavy atom. The second-order valence-corrected chi connectivity index (χ2v) is 6.47. The van der Waals surface area contributed by atoms with Gasteiger partial charge in [-0.2, -0.15) is 0 Å². The zero-order valence-corrected chi connectivity index (χ0v) is 13.5. The van der Waals surface area contributed by atoms with Gasteiger partial charge in [-0.15, -0.1) is 0 Å². The van der Waals surface area contributed by atoms with Crippen LogP contribution < -0.4 is 4.90 Å². The Kier molecular flexibility index (Phi) is 4.16. The van der Waals surface area contributed by atoms with Gasteiger partial charge in [0.2, 0.25) is 0 Å². The highest BCUT2D eigenvalue weighted by Gasteiger charge is 2.16. The molecular formula is C19H26N2. The lowest BCUT2D eigenvalue weighted by Gasteiger charge is -2.34. The quantitative estimate of drug-likeness (QED) is 0.814. The molecule has 0 aromatic heterocycles. The maximum absolute atomic E-state index is 2.49. The fourth-order valence-electron chi connectivity index (χ4n) is 3.20. The molecule has 21 heavy (non-hydrogen) atoms. The first-order valence-electron chi connectivity index (χ1n) is 8.06. The van der Waals surface area contributed by atoms with Crippen molar-refractivity contribution in [3.63, 3.8) is 0 Å². The average Bonchev–Trinajstić information content (AvgIpc) is 2.51. The smallest absolute Gasteiger partial charge is 0.0367 e. The number of nitrogens with zero attached hydrogens (tertiary/aromatic N) is 2. The molecule has 1 atom stereocenters. The van der Waals surface area contributed by atoms with Crippen molar-refractivity contribution in [2.45, 2.75) is 20.3 Å². The molecule has 2 heteroatoms. The SMILES string of the molecule is CC1=C(c2ccc(N3CCN(C)CC3)cc2)C=CCC1C. The number of piperazine rings is 1. The summed E-state index contributed by atoms with van der Waals surface area (Å²) >= 11 is 0. The Morgan fingerprint density at radius 1 is 1.00 bits per heavy atom. The molecule has 0 radical (unpaired) electrons. The number of benzene rings is 1. The van der Waals surface area contributed by atoms with Crippen LogP contribution in [0.1, 0.15) is 25.8 Å². The van der Waals surface area contributed by atoms with Gasteiger partial charge in [0.15, 0.2) is 0 Å². The van der Waals surface area contributed by atoms with E-state index in [2.05, 4.69) is 67.1 Å². The molecule has 2 aliphatic rings. The molecule has 0 spiro atoms. The zero-order chi connectivity index (χ0) is 14.8. The van der Waals surface area contributed by atoms with Crippen LogP contribution in [-0.4, -0.2) is 38.1 Å². The largest absolute Gasteiger partial charge is 0.369 e. The summed E-state index contributed by atoms with van der Waals surface area (Å²) < 4.78 is 0. The van der Waals surface area contributed by atoms with Gasteiger partial charge in [0.05, 0.1) is 0 Å². The van der Waals surface area contributed by atoms with Crippen LogP contribution in [0.5, 0.6) is 0 Å². The molecule has 112 valence electrons. The molecule has 0 amide bonds. The van der Waals surface area contributed by atoms with Gasteiger partial charge in [-0.05, 0) is 49.6 Å². The molecule has 1 aliphatic heterocycles. The molecule has 1 heterocycles. The minimum absolute atomic E-state index is 0.669. The number of hydrogen-bond acceptors (Lipinski definition) is 2. The molecular weight excluding hydrogens is 256 g/mol. The van der Waals surface area contributed by atoms with E-state index in [0.717, 1.165) is 26.2 Å². The van der Waals surface area contributed by atoms with E-state index < -0.39 is 0 Å². The van der Waals surface area contributed by atoms with Crippen molar-refractivity contribution in [2.24, 2.45) is 5.92 Å². The molecule has 1 aliphatic carbocycles. The molecule has 2 nitrogen and oxygen atoms in total. The maximum Gasteiger partial charge on any atom is 0.0367 e. The van der Waals surface area contributed by atoms with Gasteiger partial charge in [-0.3, -0.25) is 0 Å². The van der Waals surface area contributed by atoms with Gasteiger partial charge in [0, 0.05) is 31.9 Å². The molecule has 1 fully saturated rings. The van der Waals surface area contributed by atoms with E-state index in [1.54, 1.807) is 0 Å². The Balaban J connectivity index is 1.78. The van der Waals surface area contributed by atoms with E-state index in [4.69, 9.17) is 0 Å². The first-order valence-corrected chi connectivity index (χ1v) is 8.06. The summed E-state index contributed by atoms with van der Waals surface area (Å²) in [4.78, 5) is 4.89. The third-order valence-corrected chi connectivity index (χ3v) is 4.98. The lowest BCUT2D eigenvalue weighted by atomic mass is 9.86. The van der Waals surface area contributed by atoms with E-state index in [0.29, 0.717) is 5.92 Å². The molecule has 1 aromatic rings. The zero-order valence-electron chi connectivity index (χ0n) is 13.5. The molecule has 0 bridgehead atoms. The minimum atomic E-state index is 0.669. The normalized spacial score (nSPS) is 23.8. The van der Waals surface area contributed by atoms with Crippen LogP contribution in [0.2, 0.25) is 0 Å². The van der Waals surface area contributed by atoms with Crippen molar-refractivity contribution in [3.05, 3.63) is 47.6 Å². The van der Waals surface area contributed by atoms with E-state index in [9.17, 15) is 0 Å². The Labute approximate surface area is 128 Å². The maximum atomic E-state index is 2.49. The van der Waals surface area contributed by atoms with Gasteiger partial charge >= 0.3 is 0 Å². The first-order chi connectivity index (χ1) is 10.1.